The van der Waals surface area contributed by atoms with Crippen molar-refractivity contribution in [3.05, 3.63) is 29.5 Å². The summed E-state index contributed by atoms with van der Waals surface area (Å²) in [5.41, 5.74) is 0.453. The number of aliphatic hydroxyl groups is 1. The zero-order valence-electron chi connectivity index (χ0n) is 10.5. The van der Waals surface area contributed by atoms with Crippen molar-refractivity contribution in [2.24, 2.45) is 0 Å². The van der Waals surface area contributed by atoms with Crippen LogP contribution in [0.4, 0.5) is 0 Å². The van der Waals surface area contributed by atoms with Crippen LogP contribution >= 0.6 is 11.6 Å². The number of nitrogens with zero attached hydrogens (tertiary/aromatic N) is 2. The van der Waals surface area contributed by atoms with Crippen LogP contribution in [0.15, 0.2) is 29.4 Å². The van der Waals surface area contributed by atoms with E-state index in [2.05, 4.69) is 9.71 Å². The lowest BCUT2D eigenvalue weighted by atomic mass is 10.5. The van der Waals surface area contributed by atoms with E-state index in [0.717, 1.165) is 0 Å². The van der Waals surface area contributed by atoms with Crippen LogP contribution in [0.2, 0.25) is 5.15 Å². The molecule has 0 aromatic carbocycles. The maximum absolute atomic E-state index is 12.2. The Morgan fingerprint density at radius 3 is 2.95 bits per heavy atom. The molecule has 0 amide bonds. The van der Waals surface area contributed by atoms with Gasteiger partial charge in [0, 0.05) is 12.7 Å². The second-order valence-corrected chi connectivity index (χ2v) is 5.91. The monoisotopic (exact) mass is 319 g/mol. The van der Waals surface area contributed by atoms with Crippen LogP contribution < -0.4 is 4.72 Å². The fraction of sp³-hybridized carbons (Fsp3) is 0.364. The van der Waals surface area contributed by atoms with E-state index in [9.17, 15) is 8.42 Å². The van der Waals surface area contributed by atoms with Crippen molar-refractivity contribution in [3.63, 3.8) is 0 Å². The quantitative estimate of drug-likeness (QED) is 0.715. The summed E-state index contributed by atoms with van der Waals surface area (Å²) >= 11 is 5.90. The SMILES string of the molecule is O=S(=O)(NCCOCCO)c1c(Cl)nc2ccccn12. The molecule has 20 heavy (non-hydrogen) atoms. The highest BCUT2D eigenvalue weighted by Gasteiger charge is 2.23. The largest absolute Gasteiger partial charge is 0.394 e. The van der Waals surface area contributed by atoms with Crippen molar-refractivity contribution in [2.75, 3.05) is 26.4 Å². The summed E-state index contributed by atoms with van der Waals surface area (Å²) in [6, 6.07) is 5.09. The molecule has 0 saturated heterocycles. The van der Waals surface area contributed by atoms with E-state index in [1.165, 1.54) is 4.40 Å². The van der Waals surface area contributed by atoms with Crippen LogP contribution in [-0.4, -0.2) is 49.3 Å². The fourth-order valence-corrected chi connectivity index (χ4v) is 3.32. The fourth-order valence-electron chi connectivity index (χ4n) is 1.67. The third kappa shape index (κ3) is 3.28. The minimum absolute atomic E-state index is 0.0821. The molecule has 0 bridgehead atoms. The summed E-state index contributed by atoms with van der Waals surface area (Å²) in [6.07, 6.45) is 1.57. The Morgan fingerprint density at radius 1 is 1.40 bits per heavy atom. The zero-order chi connectivity index (χ0) is 14.6. The van der Waals surface area contributed by atoms with E-state index in [1.54, 1.807) is 24.4 Å². The van der Waals surface area contributed by atoms with E-state index in [1.807, 2.05) is 0 Å². The first-order valence-corrected chi connectivity index (χ1v) is 7.73. The van der Waals surface area contributed by atoms with Crippen LogP contribution in [0.1, 0.15) is 0 Å². The number of rotatable bonds is 7. The first-order chi connectivity index (χ1) is 9.56. The van der Waals surface area contributed by atoms with Crippen LogP contribution in [0.3, 0.4) is 0 Å². The van der Waals surface area contributed by atoms with Gasteiger partial charge in [0.05, 0.1) is 19.8 Å². The molecule has 9 heteroatoms. The Hall–Kier alpha value is -1.19. The number of pyridine rings is 1. The molecule has 2 N–H and O–H groups in total. The van der Waals surface area contributed by atoms with Gasteiger partial charge in [0.25, 0.3) is 10.0 Å². The summed E-state index contributed by atoms with van der Waals surface area (Å²) < 4.78 is 33.2. The first kappa shape index (κ1) is 15.2. The van der Waals surface area contributed by atoms with E-state index in [-0.39, 0.29) is 36.5 Å². The molecule has 7 nitrogen and oxygen atoms in total. The Morgan fingerprint density at radius 2 is 2.20 bits per heavy atom. The van der Waals surface area contributed by atoms with Crippen molar-refractivity contribution in [1.29, 1.82) is 0 Å². The van der Waals surface area contributed by atoms with Gasteiger partial charge in [-0.3, -0.25) is 4.40 Å². The average molecular weight is 320 g/mol. The highest BCUT2D eigenvalue weighted by molar-refractivity contribution is 7.89. The number of halogens is 1. The van der Waals surface area contributed by atoms with Crippen molar-refractivity contribution >= 4 is 27.3 Å². The molecule has 0 radical (unpaired) electrons. The van der Waals surface area contributed by atoms with E-state index in [4.69, 9.17) is 21.4 Å². The lowest BCUT2D eigenvalue weighted by Gasteiger charge is -2.07. The molecule has 0 fully saturated rings. The topological polar surface area (TPSA) is 92.9 Å². The van der Waals surface area contributed by atoms with Gasteiger partial charge in [0.1, 0.15) is 5.65 Å². The van der Waals surface area contributed by atoms with Gasteiger partial charge in [-0.15, -0.1) is 0 Å². The predicted octanol–water partition coefficient (Wildman–Crippen LogP) is 0.275. The molecular weight excluding hydrogens is 306 g/mol. The third-order valence-electron chi connectivity index (χ3n) is 2.48. The second kappa shape index (κ2) is 6.51. The molecule has 2 aromatic heterocycles. The van der Waals surface area contributed by atoms with Crippen LogP contribution in [0, 0.1) is 0 Å². The maximum Gasteiger partial charge on any atom is 0.259 e. The smallest absolute Gasteiger partial charge is 0.259 e. The number of fused-ring (bicyclic) bond motifs is 1. The molecule has 0 aliphatic heterocycles. The van der Waals surface area contributed by atoms with Gasteiger partial charge in [-0.1, -0.05) is 17.7 Å². The van der Waals surface area contributed by atoms with Gasteiger partial charge < -0.3 is 9.84 Å². The number of nitrogens with one attached hydrogen (secondary N) is 1. The Bertz CT molecular complexity index is 686. The number of sulfonamides is 1. The summed E-state index contributed by atoms with van der Waals surface area (Å²) in [7, 11) is -3.79. The van der Waals surface area contributed by atoms with Crippen molar-refractivity contribution in [3.8, 4) is 0 Å². The van der Waals surface area contributed by atoms with Crippen molar-refractivity contribution in [2.45, 2.75) is 5.03 Å². The van der Waals surface area contributed by atoms with Gasteiger partial charge >= 0.3 is 0 Å². The van der Waals surface area contributed by atoms with Crippen molar-refractivity contribution in [1.82, 2.24) is 14.1 Å². The molecule has 0 saturated carbocycles. The second-order valence-electron chi connectivity index (χ2n) is 3.87. The summed E-state index contributed by atoms with van der Waals surface area (Å²) in [5.74, 6) is 0. The number of imidazole rings is 1. The maximum atomic E-state index is 12.2. The van der Waals surface area contributed by atoms with Gasteiger partial charge in [0.2, 0.25) is 0 Å². The molecule has 0 aliphatic carbocycles. The Balaban J connectivity index is 2.17. The number of aliphatic hydroxyl groups excluding tert-OH is 1. The minimum Gasteiger partial charge on any atom is -0.394 e. The minimum atomic E-state index is -3.79. The molecule has 2 aromatic rings. The van der Waals surface area contributed by atoms with Gasteiger partial charge in [-0.25, -0.2) is 18.1 Å². The molecule has 110 valence electrons. The standard InChI is InChI=1S/C11H14ClN3O4S/c12-10-11(15-5-2-1-3-9(15)14-10)20(17,18)13-4-7-19-8-6-16/h1-3,5,13,16H,4,6-8H2. The van der Waals surface area contributed by atoms with Gasteiger partial charge in [-0.05, 0) is 12.1 Å². The lowest BCUT2D eigenvalue weighted by molar-refractivity contribution is 0.0961. The average Bonchev–Trinajstić information content (AvgIpc) is 2.75. The first-order valence-electron chi connectivity index (χ1n) is 5.87. The molecule has 0 unspecified atom stereocenters. The summed E-state index contributed by atoms with van der Waals surface area (Å²) in [4.78, 5) is 3.98. The molecule has 2 heterocycles. The summed E-state index contributed by atoms with van der Waals surface area (Å²) in [5, 5.41) is 8.35. The van der Waals surface area contributed by atoms with Gasteiger partial charge in [0.15, 0.2) is 10.2 Å². The number of aromatic nitrogens is 2. The molecule has 0 aliphatic rings. The number of ether oxygens (including phenoxy) is 1. The molecule has 0 atom stereocenters. The van der Waals surface area contributed by atoms with E-state index >= 15 is 0 Å². The van der Waals surface area contributed by atoms with E-state index in [0.29, 0.717) is 5.65 Å². The Labute approximate surface area is 121 Å². The number of hydrogen-bond donors (Lipinski definition) is 2. The molecule has 2 rings (SSSR count). The van der Waals surface area contributed by atoms with Crippen LogP contribution in [0.5, 0.6) is 0 Å². The van der Waals surface area contributed by atoms with Gasteiger partial charge in [-0.2, -0.15) is 0 Å². The number of hydrogen-bond acceptors (Lipinski definition) is 5. The zero-order valence-corrected chi connectivity index (χ0v) is 12.1. The summed E-state index contributed by atoms with van der Waals surface area (Å²) in [6.45, 7) is 0.302. The third-order valence-corrected chi connectivity index (χ3v) is 4.33. The van der Waals surface area contributed by atoms with E-state index < -0.39 is 10.0 Å². The molecular formula is C11H14ClN3O4S. The van der Waals surface area contributed by atoms with Crippen LogP contribution in [-0.2, 0) is 14.8 Å². The Kier molecular flexibility index (Phi) is 4.95. The lowest BCUT2D eigenvalue weighted by Crippen LogP contribution is -2.29. The normalized spacial score (nSPS) is 12.1. The molecule has 0 spiro atoms. The van der Waals surface area contributed by atoms with Crippen LogP contribution in [0.25, 0.3) is 5.65 Å². The highest BCUT2D eigenvalue weighted by atomic mass is 35.5. The predicted molar refractivity (Wildman–Crippen MR) is 73.3 cm³/mol. The van der Waals surface area contributed by atoms with Crippen molar-refractivity contribution < 1.29 is 18.3 Å². The highest BCUT2D eigenvalue weighted by Crippen LogP contribution is 2.21.